The van der Waals surface area contributed by atoms with Gasteiger partial charge in [-0.2, -0.15) is 0 Å². The van der Waals surface area contributed by atoms with E-state index in [0.29, 0.717) is 6.04 Å². The Hall–Kier alpha value is -0.260. The molecule has 1 unspecified atom stereocenters. The van der Waals surface area contributed by atoms with E-state index in [0.717, 1.165) is 69.3 Å². The van der Waals surface area contributed by atoms with Crippen molar-refractivity contribution < 1.29 is 9.47 Å². The monoisotopic (exact) mass is 312 g/mol. The van der Waals surface area contributed by atoms with Crippen LogP contribution in [0.5, 0.6) is 0 Å². The van der Waals surface area contributed by atoms with E-state index in [1.165, 1.54) is 0 Å². The van der Waals surface area contributed by atoms with E-state index in [9.17, 15) is 0 Å². The van der Waals surface area contributed by atoms with Crippen LogP contribution in [0.25, 0.3) is 0 Å². The second-order valence-electron chi connectivity index (χ2n) is 6.63. The Bertz CT molecular complexity index is 390. The van der Waals surface area contributed by atoms with Crippen LogP contribution in [0.2, 0.25) is 0 Å². The van der Waals surface area contributed by atoms with Gasteiger partial charge in [0.25, 0.3) is 0 Å². The largest absolute Gasteiger partial charge is 0.381 e. The second-order valence-corrected chi connectivity index (χ2v) is 7.59. The van der Waals surface area contributed by atoms with E-state index in [2.05, 4.69) is 19.2 Å². The topological polar surface area (TPSA) is 42.9 Å². The fourth-order valence-corrected chi connectivity index (χ4v) is 4.91. The van der Waals surface area contributed by atoms with Crippen molar-refractivity contribution in [3.05, 3.63) is 0 Å². The molecule has 1 spiro atoms. The standard InChI is InChI=1S/C16H28N2O2S/c1-3-16(4-2)11-13(5-8-20-16)17-14-18-15(12-21-14)6-9-19-10-7-15/h13H,3-12H2,1-2H3,(H,17,18). The van der Waals surface area contributed by atoms with Crippen molar-refractivity contribution in [1.82, 2.24) is 5.32 Å². The van der Waals surface area contributed by atoms with Crippen LogP contribution in [0, 0.1) is 0 Å². The van der Waals surface area contributed by atoms with Crippen LogP contribution >= 0.6 is 11.8 Å². The molecule has 0 aromatic rings. The molecule has 3 rings (SSSR count). The molecule has 21 heavy (non-hydrogen) atoms. The van der Waals surface area contributed by atoms with E-state index in [-0.39, 0.29) is 11.1 Å². The van der Waals surface area contributed by atoms with Gasteiger partial charge in [-0.25, -0.2) is 0 Å². The van der Waals surface area contributed by atoms with Gasteiger partial charge in [0.05, 0.1) is 17.2 Å². The highest BCUT2D eigenvalue weighted by Crippen LogP contribution is 2.35. The maximum Gasteiger partial charge on any atom is 0.157 e. The minimum absolute atomic E-state index is 0.0621. The summed E-state index contributed by atoms with van der Waals surface area (Å²) in [7, 11) is 0. The molecule has 120 valence electrons. The number of ether oxygens (including phenoxy) is 2. The quantitative estimate of drug-likeness (QED) is 0.870. The second kappa shape index (κ2) is 6.47. The molecule has 0 bridgehead atoms. The van der Waals surface area contributed by atoms with Crippen LogP contribution in [0.1, 0.15) is 52.4 Å². The molecule has 1 atom stereocenters. The lowest BCUT2D eigenvalue weighted by Crippen LogP contribution is -2.48. The lowest BCUT2D eigenvalue weighted by atomic mass is 9.86. The van der Waals surface area contributed by atoms with Crippen molar-refractivity contribution in [2.75, 3.05) is 25.6 Å². The Kier molecular flexibility index (Phi) is 4.81. The third kappa shape index (κ3) is 3.40. The van der Waals surface area contributed by atoms with Gasteiger partial charge in [0.15, 0.2) is 5.17 Å². The zero-order chi connectivity index (χ0) is 14.8. The average molecular weight is 312 g/mol. The molecule has 0 saturated carbocycles. The van der Waals surface area contributed by atoms with Crippen molar-refractivity contribution in [3.8, 4) is 0 Å². The number of hydrogen-bond acceptors (Lipinski definition) is 4. The van der Waals surface area contributed by atoms with Gasteiger partial charge in [0.2, 0.25) is 0 Å². The summed E-state index contributed by atoms with van der Waals surface area (Å²) < 4.78 is 11.5. The van der Waals surface area contributed by atoms with Gasteiger partial charge in [0.1, 0.15) is 0 Å². The van der Waals surface area contributed by atoms with Gasteiger partial charge in [-0.1, -0.05) is 25.6 Å². The van der Waals surface area contributed by atoms with Gasteiger partial charge in [0, 0.05) is 25.6 Å². The summed E-state index contributed by atoms with van der Waals surface area (Å²) >= 11 is 1.90. The van der Waals surface area contributed by atoms with Crippen LogP contribution in [0.3, 0.4) is 0 Å². The van der Waals surface area contributed by atoms with E-state index in [4.69, 9.17) is 14.5 Å². The molecule has 0 aromatic carbocycles. The van der Waals surface area contributed by atoms with Crippen molar-refractivity contribution in [1.29, 1.82) is 0 Å². The van der Waals surface area contributed by atoms with Crippen LogP contribution in [-0.4, -0.2) is 47.9 Å². The predicted molar refractivity (Wildman–Crippen MR) is 88.1 cm³/mol. The number of nitrogens with zero attached hydrogens (tertiary/aromatic N) is 1. The summed E-state index contributed by atoms with van der Waals surface area (Å²) in [4.78, 5) is 5.02. The van der Waals surface area contributed by atoms with Crippen molar-refractivity contribution in [2.24, 2.45) is 4.99 Å². The van der Waals surface area contributed by atoms with Gasteiger partial charge < -0.3 is 14.8 Å². The first-order valence-electron chi connectivity index (χ1n) is 8.40. The fourth-order valence-electron chi connectivity index (χ4n) is 3.63. The smallest absolute Gasteiger partial charge is 0.157 e. The van der Waals surface area contributed by atoms with Crippen molar-refractivity contribution >= 4 is 16.9 Å². The third-order valence-corrected chi connectivity index (χ3v) is 6.54. The summed E-state index contributed by atoms with van der Waals surface area (Å²) in [6, 6.07) is 0.420. The molecular formula is C16H28N2O2S. The summed E-state index contributed by atoms with van der Waals surface area (Å²) in [5.41, 5.74) is 0.312. The SMILES string of the molecule is CCC1(CC)CC(N=C2NC3(CCOCC3)CS2)CCO1. The Morgan fingerprint density at radius 3 is 2.71 bits per heavy atom. The summed E-state index contributed by atoms with van der Waals surface area (Å²) in [6.07, 6.45) is 6.53. The van der Waals surface area contributed by atoms with Crippen LogP contribution in [0.15, 0.2) is 4.99 Å². The molecule has 4 nitrogen and oxygen atoms in total. The van der Waals surface area contributed by atoms with E-state index in [1.807, 2.05) is 11.8 Å². The Balaban J connectivity index is 1.63. The van der Waals surface area contributed by atoms with E-state index < -0.39 is 0 Å². The molecule has 0 aromatic heterocycles. The molecule has 3 aliphatic rings. The van der Waals surface area contributed by atoms with E-state index in [1.54, 1.807) is 0 Å². The van der Waals surface area contributed by atoms with Gasteiger partial charge >= 0.3 is 0 Å². The summed E-state index contributed by atoms with van der Waals surface area (Å²) in [5.74, 6) is 1.14. The maximum atomic E-state index is 6.06. The molecule has 3 fully saturated rings. The molecule has 0 aliphatic carbocycles. The number of rotatable bonds is 3. The molecule has 3 aliphatic heterocycles. The lowest BCUT2D eigenvalue weighted by molar-refractivity contribution is -0.0884. The molecule has 5 heteroatoms. The average Bonchev–Trinajstić information content (AvgIpc) is 2.90. The highest BCUT2D eigenvalue weighted by atomic mass is 32.2. The zero-order valence-corrected chi connectivity index (χ0v) is 14.1. The molecule has 3 heterocycles. The number of hydrogen-bond donors (Lipinski definition) is 1. The first kappa shape index (κ1) is 15.6. The molecule has 0 amide bonds. The molecular weight excluding hydrogens is 284 g/mol. The number of thioether (sulfide) groups is 1. The first-order valence-corrected chi connectivity index (χ1v) is 9.38. The van der Waals surface area contributed by atoms with Crippen LogP contribution < -0.4 is 5.32 Å². The summed E-state index contributed by atoms with van der Waals surface area (Å²) in [6.45, 7) is 7.09. The number of amidine groups is 1. The minimum Gasteiger partial charge on any atom is -0.381 e. The fraction of sp³-hybridized carbons (Fsp3) is 0.938. The van der Waals surface area contributed by atoms with Gasteiger partial charge in [-0.3, -0.25) is 4.99 Å². The van der Waals surface area contributed by atoms with Gasteiger partial charge in [-0.15, -0.1) is 0 Å². The van der Waals surface area contributed by atoms with Crippen molar-refractivity contribution in [2.45, 2.75) is 69.6 Å². The van der Waals surface area contributed by atoms with E-state index >= 15 is 0 Å². The Labute approximate surface area is 132 Å². The van der Waals surface area contributed by atoms with Crippen LogP contribution in [-0.2, 0) is 9.47 Å². The number of nitrogens with one attached hydrogen (secondary N) is 1. The number of aliphatic imine (C=N–C) groups is 1. The highest BCUT2D eigenvalue weighted by molar-refractivity contribution is 8.14. The molecule has 1 N–H and O–H groups in total. The lowest BCUT2D eigenvalue weighted by Gasteiger charge is -2.39. The Morgan fingerprint density at radius 1 is 1.24 bits per heavy atom. The van der Waals surface area contributed by atoms with Crippen molar-refractivity contribution in [3.63, 3.8) is 0 Å². The first-order chi connectivity index (χ1) is 10.2. The van der Waals surface area contributed by atoms with Gasteiger partial charge in [-0.05, 0) is 38.5 Å². The third-order valence-electron chi connectivity index (χ3n) is 5.36. The molecule has 3 saturated heterocycles. The zero-order valence-electron chi connectivity index (χ0n) is 13.3. The predicted octanol–water partition coefficient (Wildman–Crippen LogP) is 2.97. The highest BCUT2D eigenvalue weighted by Gasteiger charge is 2.40. The molecule has 0 radical (unpaired) electrons. The Morgan fingerprint density at radius 2 is 2.00 bits per heavy atom. The van der Waals surface area contributed by atoms with Crippen LogP contribution in [0.4, 0.5) is 0 Å². The maximum absolute atomic E-state index is 6.06. The normalized spacial score (nSPS) is 33.2. The summed E-state index contributed by atoms with van der Waals surface area (Å²) in [5, 5.41) is 4.87. The minimum atomic E-state index is 0.0621.